The number of hydrogen-bond donors (Lipinski definition) is 1. The summed E-state index contributed by atoms with van der Waals surface area (Å²) in [5.74, 6) is 0.758. The third kappa shape index (κ3) is 2.87. The molecule has 2 heterocycles. The number of nitrogens with zero attached hydrogens (tertiary/aromatic N) is 1. The van der Waals surface area contributed by atoms with E-state index in [2.05, 4.69) is 9.88 Å². The van der Waals surface area contributed by atoms with Crippen LogP contribution in [-0.2, 0) is 10.0 Å². The standard InChI is InChI=1S/C16H16N2O4S/c1-10-6-4-5-7-13(10)18-23(19,20)15-9-8-14(21-15)16-11(2)12(3)17-22-16/h4-9,18H,1-3H3. The van der Waals surface area contributed by atoms with Crippen LogP contribution >= 0.6 is 0 Å². The van der Waals surface area contributed by atoms with Crippen molar-refractivity contribution in [3.8, 4) is 11.5 Å². The number of hydrogen-bond acceptors (Lipinski definition) is 5. The van der Waals surface area contributed by atoms with Crippen molar-refractivity contribution in [1.82, 2.24) is 5.16 Å². The second kappa shape index (κ2) is 5.58. The molecule has 0 aliphatic carbocycles. The predicted molar refractivity (Wildman–Crippen MR) is 85.7 cm³/mol. The van der Waals surface area contributed by atoms with E-state index in [0.717, 1.165) is 16.8 Å². The van der Waals surface area contributed by atoms with Crippen LogP contribution in [0.2, 0.25) is 0 Å². The highest BCUT2D eigenvalue weighted by Gasteiger charge is 2.22. The molecule has 0 unspecified atom stereocenters. The predicted octanol–water partition coefficient (Wildman–Crippen LogP) is 3.66. The van der Waals surface area contributed by atoms with E-state index in [4.69, 9.17) is 8.94 Å². The highest BCUT2D eigenvalue weighted by atomic mass is 32.2. The summed E-state index contributed by atoms with van der Waals surface area (Å²) in [6.07, 6.45) is 0. The zero-order valence-corrected chi connectivity index (χ0v) is 13.8. The third-order valence-electron chi connectivity index (χ3n) is 3.62. The Hall–Kier alpha value is -2.54. The van der Waals surface area contributed by atoms with E-state index in [0.29, 0.717) is 17.2 Å². The van der Waals surface area contributed by atoms with E-state index >= 15 is 0 Å². The molecule has 3 aromatic rings. The smallest absolute Gasteiger partial charge is 0.295 e. The van der Waals surface area contributed by atoms with Crippen molar-refractivity contribution in [1.29, 1.82) is 0 Å². The topological polar surface area (TPSA) is 85.3 Å². The minimum atomic E-state index is -3.81. The van der Waals surface area contributed by atoms with E-state index in [1.165, 1.54) is 6.07 Å². The molecular weight excluding hydrogens is 316 g/mol. The molecule has 0 radical (unpaired) electrons. The van der Waals surface area contributed by atoms with Gasteiger partial charge in [0.05, 0.1) is 11.4 Å². The molecule has 0 saturated heterocycles. The zero-order chi connectivity index (χ0) is 16.6. The quantitative estimate of drug-likeness (QED) is 0.788. The highest BCUT2D eigenvalue weighted by molar-refractivity contribution is 7.92. The molecule has 2 aromatic heterocycles. The van der Waals surface area contributed by atoms with Crippen LogP contribution in [0.5, 0.6) is 0 Å². The van der Waals surface area contributed by atoms with Gasteiger partial charge in [-0.3, -0.25) is 4.72 Å². The molecule has 0 saturated carbocycles. The number of sulfonamides is 1. The summed E-state index contributed by atoms with van der Waals surface area (Å²) in [5.41, 5.74) is 2.88. The minimum absolute atomic E-state index is 0.177. The van der Waals surface area contributed by atoms with Gasteiger partial charge in [0.2, 0.25) is 10.9 Å². The molecule has 23 heavy (non-hydrogen) atoms. The lowest BCUT2D eigenvalue weighted by atomic mass is 10.2. The van der Waals surface area contributed by atoms with Crippen molar-refractivity contribution in [2.24, 2.45) is 0 Å². The Bertz CT molecular complexity index is 954. The number of para-hydroxylation sites is 1. The normalized spacial score (nSPS) is 11.6. The zero-order valence-electron chi connectivity index (χ0n) is 13.0. The Morgan fingerprint density at radius 2 is 1.78 bits per heavy atom. The van der Waals surface area contributed by atoms with Crippen LogP contribution in [0.15, 0.2) is 50.4 Å². The van der Waals surface area contributed by atoms with Gasteiger partial charge in [-0.25, -0.2) is 0 Å². The lowest BCUT2D eigenvalue weighted by molar-refractivity contribution is 0.398. The first-order valence-electron chi connectivity index (χ1n) is 7.00. The average Bonchev–Trinajstić information content (AvgIpc) is 3.10. The first kappa shape index (κ1) is 15.4. The molecule has 0 amide bonds. The lowest BCUT2D eigenvalue weighted by Gasteiger charge is -2.08. The summed E-state index contributed by atoms with van der Waals surface area (Å²) in [4.78, 5) is 0. The van der Waals surface area contributed by atoms with Crippen LogP contribution in [0.3, 0.4) is 0 Å². The molecule has 7 heteroatoms. The maximum absolute atomic E-state index is 12.4. The number of nitrogens with one attached hydrogen (secondary N) is 1. The molecule has 0 bridgehead atoms. The Balaban J connectivity index is 1.93. The van der Waals surface area contributed by atoms with Gasteiger partial charge in [0.25, 0.3) is 10.0 Å². The Kier molecular flexibility index (Phi) is 3.73. The molecule has 0 fully saturated rings. The summed E-state index contributed by atoms with van der Waals surface area (Å²) < 4.78 is 38.0. The number of rotatable bonds is 4. The molecule has 0 aliphatic heterocycles. The first-order chi connectivity index (χ1) is 10.9. The number of aryl methyl sites for hydroxylation is 2. The van der Waals surface area contributed by atoms with E-state index < -0.39 is 10.0 Å². The molecular formula is C16H16N2O4S. The van der Waals surface area contributed by atoms with Crippen LogP contribution < -0.4 is 4.72 Å². The monoisotopic (exact) mass is 332 g/mol. The molecule has 0 atom stereocenters. The van der Waals surface area contributed by atoms with Gasteiger partial charge >= 0.3 is 0 Å². The summed E-state index contributed by atoms with van der Waals surface area (Å²) in [6.45, 7) is 5.47. The van der Waals surface area contributed by atoms with Crippen molar-refractivity contribution in [2.45, 2.75) is 25.9 Å². The molecule has 0 aliphatic rings. The fourth-order valence-electron chi connectivity index (χ4n) is 2.11. The first-order valence-corrected chi connectivity index (χ1v) is 8.48. The number of furan rings is 1. The van der Waals surface area contributed by atoms with Crippen LogP contribution in [0.1, 0.15) is 16.8 Å². The fourth-order valence-corrected chi connectivity index (χ4v) is 3.18. The van der Waals surface area contributed by atoms with Crippen LogP contribution in [0, 0.1) is 20.8 Å². The van der Waals surface area contributed by atoms with Crippen molar-refractivity contribution >= 4 is 15.7 Å². The van der Waals surface area contributed by atoms with Crippen LogP contribution in [0.25, 0.3) is 11.5 Å². The van der Waals surface area contributed by atoms with Crippen LogP contribution in [0.4, 0.5) is 5.69 Å². The minimum Gasteiger partial charge on any atom is -0.439 e. The summed E-state index contributed by atoms with van der Waals surface area (Å²) in [5, 5.41) is 3.67. The molecule has 120 valence electrons. The van der Waals surface area contributed by atoms with Crippen LogP contribution in [-0.4, -0.2) is 13.6 Å². The SMILES string of the molecule is Cc1ccccc1NS(=O)(=O)c1ccc(-c2onc(C)c2C)o1. The van der Waals surface area contributed by atoms with Gasteiger partial charge in [-0.2, -0.15) is 8.42 Å². The Morgan fingerprint density at radius 1 is 1.04 bits per heavy atom. The van der Waals surface area contributed by atoms with Gasteiger partial charge in [-0.1, -0.05) is 23.4 Å². The summed E-state index contributed by atoms with van der Waals surface area (Å²) >= 11 is 0. The van der Waals surface area contributed by atoms with E-state index in [9.17, 15) is 8.42 Å². The maximum atomic E-state index is 12.4. The van der Waals surface area contributed by atoms with Crippen molar-refractivity contribution in [3.63, 3.8) is 0 Å². The summed E-state index contributed by atoms with van der Waals surface area (Å²) in [7, 11) is -3.81. The van der Waals surface area contributed by atoms with E-state index in [-0.39, 0.29) is 5.09 Å². The van der Waals surface area contributed by atoms with Gasteiger partial charge in [0.1, 0.15) is 0 Å². The second-order valence-corrected chi connectivity index (χ2v) is 6.87. The molecule has 1 N–H and O–H groups in total. The van der Waals surface area contributed by atoms with Gasteiger partial charge in [0.15, 0.2) is 5.76 Å². The molecule has 1 aromatic carbocycles. The van der Waals surface area contributed by atoms with E-state index in [1.54, 1.807) is 18.2 Å². The third-order valence-corrected chi connectivity index (χ3v) is 4.85. The van der Waals surface area contributed by atoms with Gasteiger partial charge in [-0.05, 0) is 44.5 Å². The second-order valence-electron chi connectivity index (χ2n) is 5.26. The van der Waals surface area contributed by atoms with Crippen molar-refractivity contribution in [2.75, 3.05) is 4.72 Å². The largest absolute Gasteiger partial charge is 0.439 e. The fraction of sp³-hybridized carbons (Fsp3) is 0.188. The van der Waals surface area contributed by atoms with Crippen molar-refractivity contribution < 1.29 is 17.4 Å². The average molecular weight is 332 g/mol. The summed E-state index contributed by atoms with van der Waals surface area (Å²) in [6, 6.07) is 10.1. The highest BCUT2D eigenvalue weighted by Crippen LogP contribution is 2.29. The number of benzene rings is 1. The molecule has 0 spiro atoms. The van der Waals surface area contributed by atoms with Gasteiger partial charge < -0.3 is 8.94 Å². The van der Waals surface area contributed by atoms with Gasteiger partial charge in [-0.15, -0.1) is 0 Å². The van der Waals surface area contributed by atoms with Crippen molar-refractivity contribution in [3.05, 3.63) is 53.2 Å². The van der Waals surface area contributed by atoms with E-state index in [1.807, 2.05) is 32.9 Å². The Morgan fingerprint density at radius 3 is 2.43 bits per heavy atom. The Labute approximate surface area is 134 Å². The molecule has 6 nitrogen and oxygen atoms in total. The number of aromatic nitrogens is 1. The molecule has 3 rings (SSSR count). The number of anilines is 1. The van der Waals surface area contributed by atoms with Gasteiger partial charge in [0, 0.05) is 5.56 Å². The maximum Gasteiger partial charge on any atom is 0.295 e. The lowest BCUT2D eigenvalue weighted by Crippen LogP contribution is -2.12.